The molecule has 6 nitrogen and oxygen atoms in total. The van der Waals surface area contributed by atoms with Crippen LogP contribution in [-0.4, -0.2) is 36.6 Å². The molecule has 0 bridgehead atoms. The van der Waals surface area contributed by atoms with Crippen LogP contribution in [0, 0.1) is 0 Å². The van der Waals surface area contributed by atoms with E-state index in [4.69, 9.17) is 16.3 Å². The first-order valence-electron chi connectivity index (χ1n) is 11.0. The van der Waals surface area contributed by atoms with Crippen LogP contribution in [0.1, 0.15) is 16.7 Å². The minimum absolute atomic E-state index is 0.307. The molecule has 1 aliphatic heterocycles. The van der Waals surface area contributed by atoms with E-state index < -0.39 is 11.8 Å². The van der Waals surface area contributed by atoms with Crippen LogP contribution in [0.3, 0.4) is 0 Å². The molecule has 3 aromatic carbocycles. The Hall–Kier alpha value is -3.45. The molecule has 0 atom stereocenters. The van der Waals surface area contributed by atoms with Crippen LogP contribution in [0.25, 0.3) is 32.8 Å². The third-order valence-corrected chi connectivity index (χ3v) is 6.51. The second-order valence-corrected chi connectivity index (χ2v) is 8.76. The van der Waals surface area contributed by atoms with Crippen LogP contribution in [-0.2, 0) is 27.9 Å². The Kier molecular flexibility index (Phi) is 5.96. The molecule has 0 saturated heterocycles. The highest BCUT2D eigenvalue weighted by Crippen LogP contribution is 2.41. The largest absolute Gasteiger partial charge is 0.383 e. The van der Waals surface area contributed by atoms with E-state index in [0.717, 1.165) is 33.8 Å². The zero-order valence-electron chi connectivity index (χ0n) is 18.9. The van der Waals surface area contributed by atoms with Crippen LogP contribution in [0.5, 0.6) is 0 Å². The van der Waals surface area contributed by atoms with Crippen molar-refractivity contribution in [2.24, 2.45) is 7.05 Å². The molecule has 5 rings (SSSR count). The Morgan fingerprint density at radius 2 is 1.76 bits per heavy atom. The number of ether oxygens (including phenoxy) is 1. The first-order valence-corrected chi connectivity index (χ1v) is 11.4. The first kappa shape index (κ1) is 22.3. The number of hydrogen-bond acceptors (Lipinski definition) is 4. The molecule has 0 spiro atoms. The zero-order valence-corrected chi connectivity index (χ0v) is 19.7. The Morgan fingerprint density at radius 3 is 2.59 bits per heavy atom. The topological polar surface area (TPSA) is 72.4 Å². The van der Waals surface area contributed by atoms with E-state index in [9.17, 15) is 9.59 Å². The summed E-state index contributed by atoms with van der Waals surface area (Å²) in [4.78, 5) is 26.2. The van der Waals surface area contributed by atoms with Gasteiger partial charge in [-0.05, 0) is 34.5 Å². The van der Waals surface area contributed by atoms with Crippen molar-refractivity contribution in [1.29, 1.82) is 0 Å². The minimum atomic E-state index is -0.439. The van der Waals surface area contributed by atoms with E-state index >= 15 is 0 Å². The maximum Gasteiger partial charge on any atom is 0.259 e. The standard InChI is InChI=1S/C27H24ClN3O3/c1-31-15-20(18-5-3-4-6-22(18)31)24-25(27(33)30-26(24)32)23-19-13-16(14-29-11-12-34-2)7-8-17(19)9-10-21(23)28/h3-10,13,15,29H,11-12,14H2,1-2H3,(H,30,32,33). The molecule has 0 fully saturated rings. The van der Waals surface area contributed by atoms with Gasteiger partial charge in [-0.1, -0.05) is 48.0 Å². The number of hydrogen-bond donors (Lipinski definition) is 2. The van der Waals surface area contributed by atoms with Crippen molar-refractivity contribution >= 4 is 56.2 Å². The fourth-order valence-corrected chi connectivity index (χ4v) is 4.86. The molecule has 2 amide bonds. The highest BCUT2D eigenvalue weighted by atomic mass is 35.5. The lowest BCUT2D eigenvalue weighted by Crippen LogP contribution is -2.22. The van der Waals surface area contributed by atoms with Gasteiger partial charge in [-0.15, -0.1) is 0 Å². The SMILES string of the molecule is COCCNCc1ccc2ccc(Cl)c(C3=C(c4cn(C)c5ccccc45)C(=O)NC3=O)c2c1. The molecule has 4 aromatic rings. The summed E-state index contributed by atoms with van der Waals surface area (Å²) in [6.45, 7) is 1.99. The quantitative estimate of drug-likeness (QED) is 0.310. The average Bonchev–Trinajstić information content (AvgIpc) is 3.31. The normalized spacial score (nSPS) is 14.0. The minimum Gasteiger partial charge on any atom is -0.383 e. The smallest absolute Gasteiger partial charge is 0.259 e. The number of methoxy groups -OCH3 is 1. The average molecular weight is 474 g/mol. The van der Waals surface area contributed by atoms with Gasteiger partial charge in [-0.2, -0.15) is 0 Å². The predicted octanol–water partition coefficient (Wildman–Crippen LogP) is 4.29. The number of imide groups is 1. The molecule has 0 saturated carbocycles. The van der Waals surface area contributed by atoms with Crippen molar-refractivity contribution in [3.63, 3.8) is 0 Å². The van der Waals surface area contributed by atoms with Gasteiger partial charge < -0.3 is 14.6 Å². The monoisotopic (exact) mass is 473 g/mol. The first-order chi connectivity index (χ1) is 16.5. The number of halogens is 1. The zero-order chi connectivity index (χ0) is 23.8. The van der Waals surface area contributed by atoms with Gasteiger partial charge in [0.1, 0.15) is 0 Å². The predicted molar refractivity (Wildman–Crippen MR) is 135 cm³/mol. The Labute approximate surface area is 202 Å². The summed E-state index contributed by atoms with van der Waals surface area (Å²) >= 11 is 6.71. The van der Waals surface area contributed by atoms with Gasteiger partial charge in [0.2, 0.25) is 0 Å². The van der Waals surface area contributed by atoms with Gasteiger partial charge in [-0.25, -0.2) is 0 Å². The number of rotatable bonds is 7. The number of amides is 2. The lowest BCUT2D eigenvalue weighted by Gasteiger charge is -2.13. The van der Waals surface area contributed by atoms with Crippen LogP contribution in [0.15, 0.2) is 60.8 Å². The lowest BCUT2D eigenvalue weighted by molar-refractivity contribution is -0.122. The fraction of sp³-hybridized carbons (Fsp3) is 0.185. The Bertz CT molecular complexity index is 1490. The molecular formula is C27H24ClN3O3. The summed E-state index contributed by atoms with van der Waals surface area (Å²) in [6.07, 6.45) is 1.89. The van der Waals surface area contributed by atoms with Gasteiger partial charge >= 0.3 is 0 Å². The van der Waals surface area contributed by atoms with Crippen LogP contribution in [0.2, 0.25) is 5.02 Å². The number of aryl methyl sites for hydroxylation is 1. The van der Waals surface area contributed by atoms with Crippen LogP contribution in [0.4, 0.5) is 0 Å². The summed E-state index contributed by atoms with van der Waals surface area (Å²) in [5.41, 5.74) is 3.96. The second-order valence-electron chi connectivity index (χ2n) is 8.35. The number of para-hydroxylation sites is 1. The van der Waals surface area contributed by atoms with Crippen molar-refractivity contribution in [2.75, 3.05) is 20.3 Å². The van der Waals surface area contributed by atoms with Gasteiger partial charge in [0.25, 0.3) is 11.8 Å². The molecule has 7 heteroatoms. The summed E-state index contributed by atoms with van der Waals surface area (Å²) in [5, 5.41) is 8.94. The number of carbonyl (C=O) groups is 2. The molecule has 0 radical (unpaired) electrons. The van der Waals surface area contributed by atoms with Crippen molar-refractivity contribution < 1.29 is 14.3 Å². The molecule has 34 heavy (non-hydrogen) atoms. The lowest BCUT2D eigenvalue weighted by atomic mass is 9.91. The van der Waals surface area contributed by atoms with Gasteiger partial charge in [0, 0.05) is 60.5 Å². The molecule has 1 aromatic heterocycles. The van der Waals surface area contributed by atoms with E-state index in [1.165, 1.54) is 0 Å². The number of nitrogens with one attached hydrogen (secondary N) is 2. The van der Waals surface area contributed by atoms with Crippen molar-refractivity contribution in [3.8, 4) is 0 Å². The molecule has 2 N–H and O–H groups in total. The maximum atomic E-state index is 13.2. The number of nitrogens with zero attached hydrogens (tertiary/aromatic N) is 1. The highest BCUT2D eigenvalue weighted by molar-refractivity contribution is 6.52. The maximum absolute atomic E-state index is 13.2. The Balaban J connectivity index is 1.73. The summed E-state index contributed by atoms with van der Waals surface area (Å²) in [7, 11) is 3.59. The number of fused-ring (bicyclic) bond motifs is 2. The van der Waals surface area contributed by atoms with E-state index in [1.54, 1.807) is 13.2 Å². The third-order valence-electron chi connectivity index (χ3n) is 6.19. The molecule has 1 aliphatic rings. The molecular weight excluding hydrogens is 450 g/mol. The van der Waals surface area contributed by atoms with Crippen molar-refractivity contribution in [2.45, 2.75) is 6.54 Å². The number of benzene rings is 3. The molecule has 0 unspecified atom stereocenters. The van der Waals surface area contributed by atoms with E-state index in [1.807, 2.05) is 66.3 Å². The summed E-state index contributed by atoms with van der Waals surface area (Å²) in [5.74, 6) is -0.854. The van der Waals surface area contributed by atoms with E-state index in [0.29, 0.717) is 40.4 Å². The Morgan fingerprint density at radius 1 is 1.00 bits per heavy atom. The second kappa shape index (κ2) is 9.06. The van der Waals surface area contributed by atoms with Crippen LogP contribution >= 0.6 is 11.6 Å². The summed E-state index contributed by atoms with van der Waals surface area (Å²) < 4.78 is 7.05. The van der Waals surface area contributed by atoms with E-state index in [-0.39, 0.29) is 0 Å². The fourth-order valence-electron chi connectivity index (χ4n) is 4.60. The highest BCUT2D eigenvalue weighted by Gasteiger charge is 2.35. The molecule has 0 aliphatic carbocycles. The van der Waals surface area contributed by atoms with Gasteiger partial charge in [0.05, 0.1) is 17.8 Å². The van der Waals surface area contributed by atoms with E-state index in [2.05, 4.69) is 10.6 Å². The van der Waals surface area contributed by atoms with Gasteiger partial charge in [-0.3, -0.25) is 14.9 Å². The molecule has 2 heterocycles. The van der Waals surface area contributed by atoms with Crippen molar-refractivity contribution in [3.05, 3.63) is 82.5 Å². The van der Waals surface area contributed by atoms with Gasteiger partial charge in [0.15, 0.2) is 0 Å². The van der Waals surface area contributed by atoms with Crippen LogP contribution < -0.4 is 10.6 Å². The summed E-state index contributed by atoms with van der Waals surface area (Å²) in [6, 6.07) is 17.6. The number of carbonyl (C=O) groups excluding carboxylic acids is 2. The third kappa shape index (κ3) is 3.80. The number of aromatic nitrogens is 1. The van der Waals surface area contributed by atoms with Crippen molar-refractivity contribution in [1.82, 2.24) is 15.2 Å². The molecule has 172 valence electrons.